The van der Waals surface area contributed by atoms with E-state index < -0.39 is 24.3 Å². The number of alkyl halides is 3. The molecule has 0 aliphatic rings. The molecule has 1 aromatic carbocycles. The molecule has 0 fully saturated rings. The molecule has 0 bridgehead atoms. The van der Waals surface area contributed by atoms with E-state index in [-0.39, 0.29) is 10.8 Å². The third kappa shape index (κ3) is 5.25. The Bertz CT molecular complexity index is 1030. The Morgan fingerprint density at radius 1 is 1.17 bits per heavy atom. The maximum absolute atomic E-state index is 12.7. The third-order valence-corrected chi connectivity index (χ3v) is 6.21. The van der Waals surface area contributed by atoms with Gasteiger partial charge in [0.05, 0.1) is 17.8 Å². The lowest BCUT2D eigenvalue weighted by molar-refractivity contribution is -0.137. The summed E-state index contributed by atoms with van der Waals surface area (Å²) in [6.45, 7) is 1.62. The summed E-state index contributed by atoms with van der Waals surface area (Å²) >= 11 is 2.53. The number of thiophene rings is 1. The fourth-order valence-corrected chi connectivity index (χ4v) is 4.26. The Balaban J connectivity index is 1.63. The highest BCUT2D eigenvalue weighted by Crippen LogP contribution is 2.33. The number of benzene rings is 1. The van der Waals surface area contributed by atoms with E-state index in [4.69, 9.17) is 4.74 Å². The van der Waals surface area contributed by atoms with Gasteiger partial charge in [0.1, 0.15) is 9.88 Å². The average molecular weight is 454 g/mol. The van der Waals surface area contributed by atoms with E-state index in [1.165, 1.54) is 28.4 Å². The minimum Gasteiger partial charge on any atom is -0.451 e. The maximum Gasteiger partial charge on any atom is 0.416 e. The monoisotopic (exact) mass is 454 g/mol. The van der Waals surface area contributed by atoms with Crippen molar-refractivity contribution in [1.82, 2.24) is 9.88 Å². The molecule has 0 unspecified atom stereocenters. The van der Waals surface area contributed by atoms with Crippen molar-refractivity contribution in [3.8, 4) is 10.6 Å². The van der Waals surface area contributed by atoms with E-state index in [0.29, 0.717) is 22.8 Å². The zero-order chi connectivity index (χ0) is 21.9. The van der Waals surface area contributed by atoms with Crippen LogP contribution in [0.15, 0.2) is 41.8 Å². The van der Waals surface area contributed by atoms with E-state index in [0.717, 1.165) is 28.3 Å². The number of nitrogens with zero attached hydrogens (tertiary/aromatic N) is 2. The number of halogens is 3. The van der Waals surface area contributed by atoms with Crippen LogP contribution in [0.1, 0.15) is 25.8 Å². The predicted octanol–water partition coefficient (Wildman–Crippen LogP) is 5.01. The van der Waals surface area contributed by atoms with Crippen LogP contribution in [-0.2, 0) is 22.3 Å². The van der Waals surface area contributed by atoms with Gasteiger partial charge in [-0.05, 0) is 30.5 Å². The van der Waals surface area contributed by atoms with Crippen molar-refractivity contribution in [2.24, 2.45) is 0 Å². The number of likely N-dealkylation sites (N-methyl/N-ethyl adjacent to an activating group) is 1. The van der Waals surface area contributed by atoms with Gasteiger partial charge in [-0.25, -0.2) is 9.78 Å². The summed E-state index contributed by atoms with van der Waals surface area (Å²) in [6.07, 6.45) is -4.42. The molecule has 0 N–H and O–H groups in total. The molecule has 0 saturated heterocycles. The quantitative estimate of drug-likeness (QED) is 0.491. The van der Waals surface area contributed by atoms with Crippen molar-refractivity contribution in [3.05, 3.63) is 62.8 Å². The van der Waals surface area contributed by atoms with Crippen LogP contribution in [0, 0.1) is 6.92 Å². The normalized spacial score (nSPS) is 11.4. The van der Waals surface area contributed by atoms with Gasteiger partial charge in [-0.3, -0.25) is 4.79 Å². The summed E-state index contributed by atoms with van der Waals surface area (Å²) in [5.41, 5.74) is 0.0885. The number of ether oxygens (including phenoxy) is 1. The summed E-state index contributed by atoms with van der Waals surface area (Å²) in [5, 5.41) is 2.31. The second kappa shape index (κ2) is 8.97. The number of amides is 1. The number of carbonyl (C=O) groups is 2. The molecule has 0 atom stereocenters. The summed E-state index contributed by atoms with van der Waals surface area (Å²) in [5.74, 6) is -1.04. The van der Waals surface area contributed by atoms with Gasteiger partial charge in [-0.15, -0.1) is 22.7 Å². The molecule has 2 heterocycles. The van der Waals surface area contributed by atoms with Crippen molar-refractivity contribution in [2.75, 3.05) is 13.7 Å². The SMILES string of the molecule is Cc1nc(-c2ccc(C(F)(F)F)cc2)sc1C(=O)OCC(=O)N(C)Cc1cccs1. The summed E-state index contributed by atoms with van der Waals surface area (Å²) < 4.78 is 43.2. The van der Waals surface area contributed by atoms with Crippen LogP contribution >= 0.6 is 22.7 Å². The molecule has 1 amide bonds. The summed E-state index contributed by atoms with van der Waals surface area (Å²) in [6, 6.07) is 8.33. The number of aryl methyl sites for hydroxylation is 1. The van der Waals surface area contributed by atoms with Gasteiger partial charge in [-0.1, -0.05) is 18.2 Å². The van der Waals surface area contributed by atoms with Crippen LogP contribution in [-0.4, -0.2) is 35.4 Å². The largest absolute Gasteiger partial charge is 0.451 e. The number of hydrogen-bond donors (Lipinski definition) is 0. The van der Waals surface area contributed by atoms with Crippen LogP contribution in [0.3, 0.4) is 0 Å². The van der Waals surface area contributed by atoms with Crippen LogP contribution in [0.4, 0.5) is 13.2 Å². The van der Waals surface area contributed by atoms with Crippen molar-refractivity contribution in [2.45, 2.75) is 19.6 Å². The lowest BCUT2D eigenvalue weighted by Gasteiger charge is -2.15. The van der Waals surface area contributed by atoms with Crippen LogP contribution < -0.4 is 0 Å². The number of aromatic nitrogens is 1. The molecule has 30 heavy (non-hydrogen) atoms. The second-order valence-corrected chi connectivity index (χ2v) is 8.45. The second-order valence-electron chi connectivity index (χ2n) is 6.41. The van der Waals surface area contributed by atoms with Gasteiger partial charge < -0.3 is 9.64 Å². The Morgan fingerprint density at radius 3 is 2.47 bits per heavy atom. The Hall–Kier alpha value is -2.72. The molecule has 5 nitrogen and oxygen atoms in total. The summed E-state index contributed by atoms with van der Waals surface area (Å²) in [4.78, 5) is 31.5. The minimum atomic E-state index is -4.42. The van der Waals surface area contributed by atoms with Gasteiger partial charge in [0, 0.05) is 17.5 Å². The lowest BCUT2D eigenvalue weighted by Crippen LogP contribution is -2.30. The number of esters is 1. The van der Waals surface area contributed by atoms with Gasteiger partial charge in [0.15, 0.2) is 6.61 Å². The van der Waals surface area contributed by atoms with E-state index >= 15 is 0 Å². The van der Waals surface area contributed by atoms with E-state index in [2.05, 4.69) is 4.98 Å². The molecular weight excluding hydrogens is 437 g/mol. The maximum atomic E-state index is 12.7. The molecule has 0 radical (unpaired) electrons. The molecule has 0 aliphatic heterocycles. The predicted molar refractivity (Wildman–Crippen MR) is 108 cm³/mol. The molecular formula is C20H17F3N2O3S2. The van der Waals surface area contributed by atoms with Gasteiger partial charge in [0.2, 0.25) is 0 Å². The molecule has 0 aliphatic carbocycles. The van der Waals surface area contributed by atoms with Crippen LogP contribution in [0.2, 0.25) is 0 Å². The van der Waals surface area contributed by atoms with Crippen molar-refractivity contribution in [3.63, 3.8) is 0 Å². The molecule has 0 spiro atoms. The number of rotatable bonds is 6. The Kier molecular flexibility index (Phi) is 6.57. The smallest absolute Gasteiger partial charge is 0.416 e. The number of thiazole rings is 1. The lowest BCUT2D eigenvalue weighted by atomic mass is 10.1. The first kappa shape index (κ1) is 22.0. The molecule has 10 heteroatoms. The molecule has 3 aromatic rings. The van der Waals surface area contributed by atoms with E-state index in [1.54, 1.807) is 14.0 Å². The fraction of sp³-hybridized carbons (Fsp3) is 0.250. The molecule has 0 saturated carbocycles. The molecule has 3 rings (SSSR count). The van der Waals surface area contributed by atoms with Crippen LogP contribution in [0.25, 0.3) is 10.6 Å². The van der Waals surface area contributed by atoms with Crippen molar-refractivity contribution >= 4 is 34.6 Å². The third-order valence-electron chi connectivity index (χ3n) is 4.17. The summed E-state index contributed by atoms with van der Waals surface area (Å²) in [7, 11) is 1.62. The first-order valence-electron chi connectivity index (χ1n) is 8.73. The zero-order valence-electron chi connectivity index (χ0n) is 16.0. The minimum absolute atomic E-state index is 0.207. The number of hydrogen-bond acceptors (Lipinski definition) is 6. The highest BCUT2D eigenvalue weighted by atomic mass is 32.1. The topological polar surface area (TPSA) is 59.5 Å². The van der Waals surface area contributed by atoms with Crippen LogP contribution in [0.5, 0.6) is 0 Å². The standard InChI is InChI=1S/C20H17F3N2O3S2/c1-12-17(19(27)28-11-16(26)25(2)10-15-4-3-9-29-15)30-18(24-12)13-5-7-14(8-6-13)20(21,22)23/h3-9H,10-11H2,1-2H3. The Labute approximate surface area is 178 Å². The average Bonchev–Trinajstić information content (AvgIpc) is 3.34. The fourth-order valence-electron chi connectivity index (χ4n) is 2.54. The van der Waals surface area contributed by atoms with E-state index in [1.807, 2.05) is 17.5 Å². The van der Waals surface area contributed by atoms with Gasteiger partial charge >= 0.3 is 12.1 Å². The zero-order valence-corrected chi connectivity index (χ0v) is 17.7. The highest BCUT2D eigenvalue weighted by Gasteiger charge is 2.30. The van der Waals surface area contributed by atoms with Crippen molar-refractivity contribution in [1.29, 1.82) is 0 Å². The molecule has 158 valence electrons. The highest BCUT2D eigenvalue weighted by molar-refractivity contribution is 7.17. The first-order valence-corrected chi connectivity index (χ1v) is 10.4. The Morgan fingerprint density at radius 2 is 1.87 bits per heavy atom. The van der Waals surface area contributed by atoms with E-state index in [9.17, 15) is 22.8 Å². The van der Waals surface area contributed by atoms with Gasteiger partial charge in [0.25, 0.3) is 5.91 Å². The van der Waals surface area contributed by atoms with Gasteiger partial charge in [-0.2, -0.15) is 13.2 Å². The first-order chi connectivity index (χ1) is 14.1. The molecule has 2 aromatic heterocycles. The number of carbonyl (C=O) groups excluding carboxylic acids is 2. The van der Waals surface area contributed by atoms with Crippen molar-refractivity contribution < 1.29 is 27.5 Å².